The summed E-state index contributed by atoms with van der Waals surface area (Å²) in [5, 5.41) is 22.5. The van der Waals surface area contributed by atoms with E-state index in [0.717, 1.165) is 25.7 Å². The molecule has 2 atom stereocenters. The largest absolute Gasteiger partial charge is 0.478 e. The zero-order valence-electron chi connectivity index (χ0n) is 8.33. The maximum Gasteiger partial charge on any atom is 0.338 e. The Kier molecular flexibility index (Phi) is 2.73. The zero-order valence-corrected chi connectivity index (χ0v) is 8.33. The molecule has 0 amide bonds. The highest BCUT2D eigenvalue weighted by Gasteiger charge is 2.25. The molecule has 0 spiro atoms. The van der Waals surface area contributed by atoms with Gasteiger partial charge in [-0.2, -0.15) is 5.10 Å². The molecule has 1 unspecified atom stereocenters. The molecule has 1 heterocycles. The summed E-state index contributed by atoms with van der Waals surface area (Å²) in [6, 6.07) is -0.0631. The van der Waals surface area contributed by atoms with Crippen LogP contribution < -0.4 is 0 Å². The first-order valence-electron chi connectivity index (χ1n) is 5.14. The van der Waals surface area contributed by atoms with Gasteiger partial charge in [0.15, 0.2) is 0 Å². The first-order chi connectivity index (χ1) is 7.18. The van der Waals surface area contributed by atoms with Gasteiger partial charge >= 0.3 is 5.97 Å². The lowest BCUT2D eigenvalue weighted by Gasteiger charge is -2.27. The Balaban J connectivity index is 2.17. The van der Waals surface area contributed by atoms with Crippen molar-refractivity contribution in [3.05, 3.63) is 18.0 Å². The molecule has 82 valence electrons. The highest BCUT2D eigenvalue weighted by molar-refractivity contribution is 5.86. The van der Waals surface area contributed by atoms with Gasteiger partial charge in [-0.3, -0.25) is 4.68 Å². The number of carbonyl (C=O) groups is 1. The quantitative estimate of drug-likeness (QED) is 0.765. The summed E-state index contributed by atoms with van der Waals surface area (Å²) in [5.41, 5.74) is 0.174. The van der Waals surface area contributed by atoms with E-state index in [9.17, 15) is 9.90 Å². The van der Waals surface area contributed by atoms with Crippen LogP contribution in [0.3, 0.4) is 0 Å². The van der Waals surface area contributed by atoms with Gasteiger partial charge in [0.1, 0.15) is 0 Å². The van der Waals surface area contributed by atoms with Crippen LogP contribution in [0.5, 0.6) is 0 Å². The molecule has 1 aromatic rings. The van der Waals surface area contributed by atoms with Crippen molar-refractivity contribution in [2.45, 2.75) is 37.8 Å². The van der Waals surface area contributed by atoms with E-state index in [2.05, 4.69) is 5.10 Å². The Morgan fingerprint density at radius 2 is 2.20 bits per heavy atom. The van der Waals surface area contributed by atoms with Crippen LogP contribution in [0.2, 0.25) is 0 Å². The van der Waals surface area contributed by atoms with Crippen LogP contribution in [0.25, 0.3) is 0 Å². The van der Waals surface area contributed by atoms with Crippen LogP contribution in [-0.2, 0) is 0 Å². The van der Waals surface area contributed by atoms with Crippen molar-refractivity contribution < 1.29 is 15.0 Å². The molecule has 2 rings (SSSR count). The van der Waals surface area contributed by atoms with Gasteiger partial charge in [-0.15, -0.1) is 0 Å². The van der Waals surface area contributed by atoms with Gasteiger partial charge in [-0.05, 0) is 12.8 Å². The Morgan fingerprint density at radius 3 is 2.80 bits per heavy atom. The normalized spacial score (nSPS) is 26.5. The minimum Gasteiger partial charge on any atom is -0.478 e. The average Bonchev–Trinajstić information content (AvgIpc) is 2.67. The maximum atomic E-state index is 10.7. The zero-order chi connectivity index (χ0) is 10.8. The number of hydrogen-bond acceptors (Lipinski definition) is 3. The second kappa shape index (κ2) is 4.02. The van der Waals surface area contributed by atoms with Gasteiger partial charge in [0, 0.05) is 6.20 Å². The third-order valence-electron chi connectivity index (χ3n) is 2.88. The van der Waals surface area contributed by atoms with E-state index >= 15 is 0 Å². The van der Waals surface area contributed by atoms with Gasteiger partial charge in [-0.1, -0.05) is 12.8 Å². The van der Waals surface area contributed by atoms with Crippen LogP contribution in [-0.4, -0.2) is 32.1 Å². The first-order valence-corrected chi connectivity index (χ1v) is 5.14. The highest BCUT2D eigenvalue weighted by atomic mass is 16.4. The fourth-order valence-electron chi connectivity index (χ4n) is 2.03. The minimum absolute atomic E-state index is 0.0631. The van der Waals surface area contributed by atoms with E-state index < -0.39 is 12.1 Å². The van der Waals surface area contributed by atoms with Crippen LogP contribution >= 0.6 is 0 Å². The van der Waals surface area contributed by atoms with Gasteiger partial charge in [0.05, 0.1) is 23.9 Å². The van der Waals surface area contributed by atoms with Crippen molar-refractivity contribution >= 4 is 5.97 Å². The number of aromatic carboxylic acids is 1. The average molecular weight is 210 g/mol. The molecule has 1 fully saturated rings. The van der Waals surface area contributed by atoms with Gasteiger partial charge in [-0.25, -0.2) is 4.79 Å². The number of aliphatic hydroxyl groups is 1. The topological polar surface area (TPSA) is 75.3 Å². The highest BCUT2D eigenvalue weighted by Crippen LogP contribution is 2.28. The van der Waals surface area contributed by atoms with E-state index in [-0.39, 0.29) is 11.6 Å². The van der Waals surface area contributed by atoms with Crippen LogP contribution in [0.4, 0.5) is 0 Å². The number of carboxylic acid groups (broad SMARTS) is 1. The Labute approximate surface area is 87.3 Å². The van der Waals surface area contributed by atoms with Gasteiger partial charge < -0.3 is 10.2 Å². The second-order valence-corrected chi connectivity index (χ2v) is 3.93. The molecule has 2 N–H and O–H groups in total. The van der Waals surface area contributed by atoms with Crippen molar-refractivity contribution in [2.75, 3.05) is 0 Å². The molecular weight excluding hydrogens is 196 g/mol. The lowest BCUT2D eigenvalue weighted by atomic mass is 9.93. The predicted molar refractivity (Wildman–Crippen MR) is 52.7 cm³/mol. The lowest BCUT2D eigenvalue weighted by molar-refractivity contribution is 0.0673. The SMILES string of the molecule is O=C(O)c1cnn(C2CCCC[C@@H]2O)c1. The lowest BCUT2D eigenvalue weighted by Crippen LogP contribution is -2.27. The van der Waals surface area contributed by atoms with Crippen LogP contribution in [0, 0.1) is 0 Å². The first kappa shape index (κ1) is 10.2. The van der Waals surface area contributed by atoms with Gasteiger partial charge in [0.25, 0.3) is 0 Å². The summed E-state index contributed by atoms with van der Waals surface area (Å²) in [6.07, 6.45) is 6.13. The number of rotatable bonds is 2. The molecule has 1 aliphatic rings. The van der Waals surface area contributed by atoms with E-state index in [0.29, 0.717) is 0 Å². The number of aliphatic hydroxyl groups excluding tert-OH is 1. The van der Waals surface area contributed by atoms with Crippen molar-refractivity contribution in [1.29, 1.82) is 0 Å². The van der Waals surface area contributed by atoms with E-state index in [1.165, 1.54) is 12.4 Å². The summed E-state index contributed by atoms with van der Waals surface area (Å²) in [6.45, 7) is 0. The summed E-state index contributed by atoms with van der Waals surface area (Å²) in [5.74, 6) is -0.980. The molecule has 0 bridgehead atoms. The summed E-state index contributed by atoms with van der Waals surface area (Å²) in [7, 11) is 0. The van der Waals surface area contributed by atoms with E-state index in [4.69, 9.17) is 5.11 Å². The Bertz CT molecular complexity index is 361. The van der Waals surface area contributed by atoms with Crippen molar-refractivity contribution in [3.8, 4) is 0 Å². The molecule has 5 heteroatoms. The fraction of sp³-hybridized carbons (Fsp3) is 0.600. The molecule has 1 aromatic heterocycles. The summed E-state index contributed by atoms with van der Waals surface area (Å²) < 4.78 is 1.58. The molecule has 1 aliphatic carbocycles. The van der Waals surface area contributed by atoms with Crippen LogP contribution in [0.1, 0.15) is 42.1 Å². The van der Waals surface area contributed by atoms with Crippen molar-refractivity contribution in [2.24, 2.45) is 0 Å². The second-order valence-electron chi connectivity index (χ2n) is 3.93. The molecule has 5 nitrogen and oxygen atoms in total. The maximum absolute atomic E-state index is 10.7. The molecular formula is C10H14N2O3. The van der Waals surface area contributed by atoms with E-state index in [1.807, 2.05) is 0 Å². The van der Waals surface area contributed by atoms with Crippen LogP contribution in [0.15, 0.2) is 12.4 Å². The monoisotopic (exact) mass is 210 g/mol. The standard InChI is InChI=1S/C10H14N2O3/c13-9-4-2-1-3-8(9)12-6-7(5-11-12)10(14)15/h5-6,8-9,13H,1-4H2,(H,14,15)/t8?,9-/m0/s1. The predicted octanol–water partition coefficient (Wildman–Crippen LogP) is 1.06. The smallest absolute Gasteiger partial charge is 0.338 e. The molecule has 1 saturated carbocycles. The number of carboxylic acids is 1. The third-order valence-corrected chi connectivity index (χ3v) is 2.88. The molecule has 0 aromatic carbocycles. The summed E-state index contributed by atoms with van der Waals surface area (Å²) in [4.78, 5) is 10.7. The van der Waals surface area contributed by atoms with E-state index in [1.54, 1.807) is 4.68 Å². The van der Waals surface area contributed by atoms with Crippen molar-refractivity contribution in [3.63, 3.8) is 0 Å². The fourth-order valence-corrected chi connectivity index (χ4v) is 2.03. The Hall–Kier alpha value is -1.36. The Morgan fingerprint density at radius 1 is 1.47 bits per heavy atom. The summed E-state index contributed by atoms with van der Waals surface area (Å²) >= 11 is 0. The molecule has 0 aliphatic heterocycles. The molecule has 0 radical (unpaired) electrons. The number of nitrogens with zero attached hydrogens (tertiary/aromatic N) is 2. The molecule has 15 heavy (non-hydrogen) atoms. The minimum atomic E-state index is -0.980. The molecule has 0 saturated heterocycles. The van der Waals surface area contributed by atoms with Crippen molar-refractivity contribution in [1.82, 2.24) is 9.78 Å². The third kappa shape index (κ3) is 2.02. The number of hydrogen-bond donors (Lipinski definition) is 2. The number of aromatic nitrogens is 2. The van der Waals surface area contributed by atoms with Gasteiger partial charge in [0.2, 0.25) is 0 Å².